The van der Waals surface area contributed by atoms with Crippen molar-refractivity contribution in [1.82, 2.24) is 9.72 Å². The summed E-state index contributed by atoms with van der Waals surface area (Å²) >= 11 is 0. The first-order valence-corrected chi connectivity index (χ1v) is 9.21. The molecule has 0 spiro atoms. The van der Waals surface area contributed by atoms with E-state index in [1.807, 2.05) is 0 Å². The number of hydrogen-bond donors (Lipinski definition) is 3. The van der Waals surface area contributed by atoms with E-state index in [4.69, 9.17) is 10.3 Å². The van der Waals surface area contributed by atoms with Gasteiger partial charge < -0.3 is 20.6 Å². The number of benzene rings is 1. The van der Waals surface area contributed by atoms with Crippen LogP contribution in [-0.4, -0.2) is 26.0 Å². The van der Waals surface area contributed by atoms with Crippen molar-refractivity contribution in [2.24, 2.45) is 10.9 Å². The normalized spacial score (nSPS) is 14.3. The topological polar surface area (TPSA) is 110 Å². The maximum atomic E-state index is 14.9. The van der Waals surface area contributed by atoms with Crippen LogP contribution >= 0.6 is 0 Å². The molecule has 29 heavy (non-hydrogen) atoms. The Morgan fingerprint density at radius 3 is 2.55 bits per heavy atom. The summed E-state index contributed by atoms with van der Waals surface area (Å²) in [6.45, 7) is 3.43. The van der Waals surface area contributed by atoms with Crippen LogP contribution in [0.25, 0.3) is 22.4 Å². The fraction of sp³-hybridized carbons (Fsp3) is 0.300. The van der Waals surface area contributed by atoms with E-state index < -0.39 is 17.4 Å². The highest BCUT2D eigenvalue weighted by Crippen LogP contribution is 2.45. The molecule has 0 saturated carbocycles. The molecule has 0 radical (unpaired) electrons. The number of phenolic OH excluding ortho intramolecular Hbond substituents is 1. The van der Waals surface area contributed by atoms with Crippen LogP contribution in [0.1, 0.15) is 35.6 Å². The zero-order valence-electron chi connectivity index (χ0n) is 16.0. The van der Waals surface area contributed by atoms with E-state index in [2.05, 4.69) is 10.3 Å². The summed E-state index contributed by atoms with van der Waals surface area (Å²) in [4.78, 5) is 0. The van der Waals surface area contributed by atoms with Gasteiger partial charge in [0.05, 0.1) is 17.0 Å². The highest BCUT2D eigenvalue weighted by Gasteiger charge is 2.32. The molecule has 152 valence electrons. The molecule has 0 atom stereocenters. The predicted molar refractivity (Wildman–Crippen MR) is 102 cm³/mol. The first-order valence-electron chi connectivity index (χ1n) is 9.21. The smallest absolute Gasteiger partial charge is 0.242 e. The van der Waals surface area contributed by atoms with Crippen LogP contribution in [0.4, 0.5) is 8.78 Å². The van der Waals surface area contributed by atoms with Gasteiger partial charge in [0, 0.05) is 22.9 Å². The maximum absolute atomic E-state index is 14.9. The van der Waals surface area contributed by atoms with Crippen molar-refractivity contribution >= 4 is 5.96 Å². The van der Waals surface area contributed by atoms with Crippen molar-refractivity contribution in [1.29, 1.82) is 0 Å². The average molecular weight is 402 g/mol. The van der Waals surface area contributed by atoms with E-state index in [1.54, 1.807) is 18.4 Å². The summed E-state index contributed by atoms with van der Waals surface area (Å²) in [5.74, 6) is -2.21. The van der Waals surface area contributed by atoms with Crippen LogP contribution in [0.15, 0.2) is 21.8 Å². The lowest BCUT2D eigenvalue weighted by Crippen LogP contribution is -2.26. The van der Waals surface area contributed by atoms with Crippen molar-refractivity contribution in [3.63, 3.8) is 0 Å². The van der Waals surface area contributed by atoms with Gasteiger partial charge in [-0.2, -0.15) is 0 Å². The van der Waals surface area contributed by atoms with Gasteiger partial charge in [0.1, 0.15) is 11.6 Å². The molecule has 4 rings (SSSR count). The third-order valence-electron chi connectivity index (χ3n) is 5.38. The highest BCUT2D eigenvalue weighted by molar-refractivity contribution is 5.96. The molecule has 4 N–H and O–H groups in total. The zero-order chi connectivity index (χ0) is 20.9. The predicted octanol–water partition coefficient (Wildman–Crippen LogP) is 3.84. The lowest BCUT2D eigenvalue weighted by Gasteiger charge is -2.15. The minimum absolute atomic E-state index is 0.0158. The van der Waals surface area contributed by atoms with Gasteiger partial charge in [-0.05, 0) is 51.2 Å². The van der Waals surface area contributed by atoms with Crippen molar-refractivity contribution in [2.45, 2.75) is 39.5 Å². The summed E-state index contributed by atoms with van der Waals surface area (Å²) in [6.07, 6.45) is 2.99. The lowest BCUT2D eigenvalue weighted by atomic mass is 9.89. The number of nitrogens with two attached hydrogens (primary N) is 1. The second-order valence-electron chi connectivity index (χ2n) is 7.13. The van der Waals surface area contributed by atoms with Crippen molar-refractivity contribution in [3.05, 3.63) is 46.5 Å². The number of phenols is 1. The van der Waals surface area contributed by atoms with E-state index in [0.29, 0.717) is 41.1 Å². The quantitative estimate of drug-likeness (QED) is 0.261. The SMILES string of the molecule is Cc1noc(C)c1-c1c(-c2cc(F)c(O)cc2F)c2c(n1/C(N)=N/O)CCCC2. The van der Waals surface area contributed by atoms with Crippen LogP contribution in [0.2, 0.25) is 0 Å². The molecular weight excluding hydrogens is 382 g/mol. The first kappa shape index (κ1) is 19.0. The Morgan fingerprint density at radius 1 is 1.17 bits per heavy atom. The number of hydrogen-bond acceptors (Lipinski definition) is 5. The van der Waals surface area contributed by atoms with E-state index in [1.165, 1.54) is 0 Å². The second kappa shape index (κ2) is 6.91. The van der Waals surface area contributed by atoms with Crippen LogP contribution in [0.3, 0.4) is 0 Å². The number of fused-ring (bicyclic) bond motifs is 1. The fourth-order valence-corrected chi connectivity index (χ4v) is 4.17. The van der Waals surface area contributed by atoms with Gasteiger partial charge >= 0.3 is 0 Å². The van der Waals surface area contributed by atoms with Gasteiger partial charge in [-0.25, -0.2) is 8.78 Å². The summed E-state index contributed by atoms with van der Waals surface area (Å²) in [5.41, 5.74) is 9.51. The fourth-order valence-electron chi connectivity index (χ4n) is 4.17. The van der Waals surface area contributed by atoms with E-state index >= 15 is 0 Å². The zero-order valence-corrected chi connectivity index (χ0v) is 16.0. The number of halogens is 2. The van der Waals surface area contributed by atoms with Gasteiger partial charge in [-0.1, -0.05) is 10.3 Å². The number of nitrogens with zero attached hydrogens (tertiary/aromatic N) is 3. The Balaban J connectivity index is 2.19. The Morgan fingerprint density at radius 2 is 1.90 bits per heavy atom. The molecule has 0 aliphatic heterocycles. The van der Waals surface area contributed by atoms with E-state index in [0.717, 1.165) is 36.2 Å². The number of aromatic hydroxyl groups is 1. The Labute approximate surface area is 165 Å². The third-order valence-corrected chi connectivity index (χ3v) is 5.38. The molecule has 9 heteroatoms. The van der Waals surface area contributed by atoms with Gasteiger partial charge in [0.25, 0.3) is 0 Å². The van der Waals surface area contributed by atoms with Crippen LogP contribution in [-0.2, 0) is 12.8 Å². The minimum atomic E-state index is -0.938. The maximum Gasteiger partial charge on any atom is 0.242 e. The molecule has 0 unspecified atom stereocenters. The van der Waals surface area contributed by atoms with Gasteiger partial charge in [0.15, 0.2) is 11.6 Å². The Kier molecular flexibility index (Phi) is 4.52. The largest absolute Gasteiger partial charge is 0.505 e. The van der Waals surface area contributed by atoms with Crippen LogP contribution in [0, 0.1) is 25.5 Å². The van der Waals surface area contributed by atoms with Crippen molar-refractivity contribution < 1.29 is 23.6 Å². The first-order chi connectivity index (χ1) is 13.8. The van der Waals surface area contributed by atoms with Gasteiger partial charge in [-0.3, -0.25) is 4.57 Å². The Bertz CT molecular complexity index is 1130. The molecule has 0 fully saturated rings. The molecule has 1 aromatic carbocycles. The summed E-state index contributed by atoms with van der Waals surface area (Å²) < 4.78 is 36.0. The Hall–Kier alpha value is -3.36. The number of rotatable bonds is 2. The molecule has 2 heterocycles. The highest BCUT2D eigenvalue weighted by atomic mass is 19.1. The molecule has 7 nitrogen and oxygen atoms in total. The van der Waals surface area contributed by atoms with Gasteiger partial charge in [-0.15, -0.1) is 0 Å². The lowest BCUT2D eigenvalue weighted by molar-refractivity contribution is 0.316. The molecule has 2 aromatic heterocycles. The standard InChI is InChI=1S/C20H20F2N4O3/c1-9-17(10(2)29-25-9)19-18(12-7-14(22)16(27)8-13(12)21)11-5-3-4-6-15(11)26(19)20(23)24-28/h7-8,27-28H,3-6H2,1-2H3,(H2,23,24). The van der Waals surface area contributed by atoms with Crippen molar-refractivity contribution in [2.75, 3.05) is 0 Å². The number of aromatic nitrogens is 2. The second-order valence-corrected chi connectivity index (χ2v) is 7.13. The molecule has 1 aliphatic rings. The van der Waals surface area contributed by atoms with E-state index in [9.17, 15) is 19.1 Å². The molecule has 0 bridgehead atoms. The molecule has 0 amide bonds. The number of oxime groups is 1. The monoisotopic (exact) mass is 402 g/mol. The average Bonchev–Trinajstić information content (AvgIpc) is 3.20. The number of aryl methyl sites for hydroxylation is 2. The summed E-state index contributed by atoms with van der Waals surface area (Å²) in [7, 11) is 0. The molecule has 1 aliphatic carbocycles. The van der Waals surface area contributed by atoms with Gasteiger partial charge in [0.2, 0.25) is 5.96 Å². The van der Waals surface area contributed by atoms with Crippen LogP contribution in [0.5, 0.6) is 5.75 Å². The third kappa shape index (κ3) is 2.84. The molecular formula is C20H20F2N4O3. The molecule has 0 saturated heterocycles. The van der Waals surface area contributed by atoms with Crippen LogP contribution < -0.4 is 5.73 Å². The van der Waals surface area contributed by atoms with E-state index in [-0.39, 0.29) is 11.5 Å². The van der Waals surface area contributed by atoms with Crippen molar-refractivity contribution in [3.8, 4) is 28.1 Å². The summed E-state index contributed by atoms with van der Waals surface area (Å²) in [5, 5.41) is 26.1. The minimum Gasteiger partial charge on any atom is -0.505 e. The summed E-state index contributed by atoms with van der Waals surface area (Å²) in [6, 6.07) is 1.71. The molecule has 3 aromatic rings.